The second-order valence-electron chi connectivity index (χ2n) is 3.94. The second-order valence-corrected chi connectivity index (χ2v) is 3.94. The number of rotatable bonds is 1. The van der Waals surface area contributed by atoms with Crippen LogP contribution < -0.4 is 0 Å². The van der Waals surface area contributed by atoms with E-state index in [0.29, 0.717) is 16.7 Å². The molecule has 0 aliphatic heterocycles. The Hall–Kier alpha value is -1.51. The van der Waals surface area contributed by atoms with Crippen LogP contribution in [0.2, 0.25) is 0 Å². The Bertz CT molecular complexity index is 506. The zero-order valence-corrected chi connectivity index (χ0v) is 9.08. The molecule has 0 bridgehead atoms. The molecule has 0 unspecified atom stereocenters. The van der Waals surface area contributed by atoms with Gasteiger partial charge in [-0.3, -0.25) is 0 Å². The van der Waals surface area contributed by atoms with Crippen LogP contribution in [-0.4, -0.2) is 9.97 Å². The molecule has 1 aromatic heterocycles. The third kappa shape index (κ3) is 1.69. The first-order chi connectivity index (χ1) is 7.09. The van der Waals surface area contributed by atoms with Crippen molar-refractivity contribution in [3.8, 4) is 0 Å². The summed E-state index contributed by atoms with van der Waals surface area (Å²) in [6, 6.07) is 4.94. The first kappa shape index (κ1) is 10.0. The van der Waals surface area contributed by atoms with E-state index in [2.05, 4.69) is 9.97 Å². The van der Waals surface area contributed by atoms with Gasteiger partial charge in [-0.1, -0.05) is 19.9 Å². The van der Waals surface area contributed by atoms with Gasteiger partial charge < -0.3 is 0 Å². The Morgan fingerprint density at radius 2 is 1.93 bits per heavy atom. The Kier molecular flexibility index (Phi) is 2.39. The van der Waals surface area contributed by atoms with Crippen LogP contribution in [0.1, 0.15) is 31.3 Å². The van der Waals surface area contributed by atoms with E-state index < -0.39 is 0 Å². The van der Waals surface area contributed by atoms with Crippen LogP contribution in [0, 0.1) is 12.7 Å². The zero-order chi connectivity index (χ0) is 11.0. The lowest BCUT2D eigenvalue weighted by atomic mass is 10.0. The van der Waals surface area contributed by atoms with Crippen molar-refractivity contribution >= 4 is 10.9 Å². The molecule has 0 spiro atoms. The molecule has 0 aliphatic rings. The van der Waals surface area contributed by atoms with Gasteiger partial charge in [0, 0.05) is 0 Å². The number of hydrogen-bond acceptors (Lipinski definition) is 2. The summed E-state index contributed by atoms with van der Waals surface area (Å²) in [4.78, 5) is 8.54. The minimum atomic E-state index is -0.240. The van der Waals surface area contributed by atoms with E-state index in [1.165, 1.54) is 6.07 Å². The van der Waals surface area contributed by atoms with Gasteiger partial charge in [0.2, 0.25) is 0 Å². The highest BCUT2D eigenvalue weighted by atomic mass is 19.1. The first-order valence-corrected chi connectivity index (χ1v) is 5.02. The molecule has 78 valence electrons. The monoisotopic (exact) mass is 204 g/mol. The Morgan fingerprint density at radius 1 is 1.20 bits per heavy atom. The minimum Gasteiger partial charge on any atom is -0.237 e. The number of fused-ring (bicyclic) bond motifs is 1. The molecule has 0 aliphatic carbocycles. The summed E-state index contributed by atoms with van der Waals surface area (Å²) in [5, 5.41) is 0.554. The van der Waals surface area contributed by atoms with Crippen molar-refractivity contribution in [2.45, 2.75) is 26.7 Å². The second kappa shape index (κ2) is 3.57. The topological polar surface area (TPSA) is 25.8 Å². The van der Waals surface area contributed by atoms with Crippen LogP contribution in [0.15, 0.2) is 18.2 Å². The number of nitrogens with zero attached hydrogens (tertiary/aromatic N) is 2. The fourth-order valence-electron chi connectivity index (χ4n) is 1.71. The Balaban J connectivity index is 2.88. The van der Waals surface area contributed by atoms with Crippen LogP contribution in [-0.2, 0) is 0 Å². The number of aromatic nitrogens is 2. The van der Waals surface area contributed by atoms with Gasteiger partial charge in [0.1, 0.15) is 11.6 Å². The van der Waals surface area contributed by atoms with Crippen molar-refractivity contribution in [2.24, 2.45) is 0 Å². The molecule has 0 radical (unpaired) electrons. The van der Waals surface area contributed by atoms with Crippen LogP contribution in [0.4, 0.5) is 4.39 Å². The SMILES string of the molecule is Cc1nc(C(C)C)c2c(F)cccc2n1. The molecule has 0 amide bonds. The summed E-state index contributed by atoms with van der Waals surface area (Å²) in [7, 11) is 0. The van der Waals surface area contributed by atoms with Gasteiger partial charge in [-0.05, 0) is 25.0 Å². The molecule has 2 rings (SSSR count). The van der Waals surface area contributed by atoms with Crippen LogP contribution in [0.3, 0.4) is 0 Å². The van der Waals surface area contributed by atoms with Crippen molar-refractivity contribution in [1.29, 1.82) is 0 Å². The molecular weight excluding hydrogens is 191 g/mol. The normalized spacial score (nSPS) is 11.3. The van der Waals surface area contributed by atoms with E-state index in [1.54, 1.807) is 6.07 Å². The summed E-state index contributed by atoms with van der Waals surface area (Å²) in [6.07, 6.45) is 0. The maximum atomic E-state index is 13.7. The lowest BCUT2D eigenvalue weighted by Crippen LogP contribution is -2.01. The van der Waals surface area contributed by atoms with Gasteiger partial charge in [-0.15, -0.1) is 0 Å². The fourth-order valence-corrected chi connectivity index (χ4v) is 1.71. The molecule has 2 aromatic rings. The average molecular weight is 204 g/mol. The van der Waals surface area contributed by atoms with Crippen molar-refractivity contribution in [1.82, 2.24) is 9.97 Å². The largest absolute Gasteiger partial charge is 0.237 e. The van der Waals surface area contributed by atoms with E-state index in [0.717, 1.165) is 5.69 Å². The maximum Gasteiger partial charge on any atom is 0.134 e. The van der Waals surface area contributed by atoms with Gasteiger partial charge >= 0.3 is 0 Å². The summed E-state index contributed by atoms with van der Waals surface area (Å²) in [5.41, 5.74) is 1.47. The lowest BCUT2D eigenvalue weighted by molar-refractivity contribution is 0.635. The van der Waals surface area contributed by atoms with Gasteiger partial charge in [-0.25, -0.2) is 14.4 Å². The molecule has 0 N–H and O–H groups in total. The van der Waals surface area contributed by atoms with Crippen LogP contribution in [0.5, 0.6) is 0 Å². The quantitative estimate of drug-likeness (QED) is 0.712. The van der Waals surface area contributed by atoms with Gasteiger partial charge in [0.25, 0.3) is 0 Å². The number of benzene rings is 1. The molecule has 3 heteroatoms. The maximum absolute atomic E-state index is 13.7. The highest BCUT2D eigenvalue weighted by Crippen LogP contribution is 2.24. The molecular formula is C12H13FN2. The predicted molar refractivity (Wildman–Crippen MR) is 58.3 cm³/mol. The summed E-state index contributed by atoms with van der Waals surface area (Å²) in [5.74, 6) is 0.652. The molecule has 0 fully saturated rings. The van der Waals surface area contributed by atoms with E-state index in [-0.39, 0.29) is 11.7 Å². The van der Waals surface area contributed by atoms with E-state index in [4.69, 9.17) is 0 Å². The van der Waals surface area contributed by atoms with E-state index >= 15 is 0 Å². The molecule has 1 aromatic carbocycles. The summed E-state index contributed by atoms with van der Waals surface area (Å²) in [6.45, 7) is 5.84. The van der Waals surface area contributed by atoms with E-state index in [1.807, 2.05) is 26.8 Å². The average Bonchev–Trinajstić information content (AvgIpc) is 2.16. The highest BCUT2D eigenvalue weighted by Gasteiger charge is 2.12. The van der Waals surface area contributed by atoms with Crippen molar-refractivity contribution in [3.63, 3.8) is 0 Å². The van der Waals surface area contributed by atoms with E-state index in [9.17, 15) is 4.39 Å². The van der Waals surface area contributed by atoms with Crippen molar-refractivity contribution in [2.75, 3.05) is 0 Å². The standard InChI is InChI=1S/C12H13FN2/c1-7(2)12-11-9(13)5-4-6-10(11)14-8(3)15-12/h4-7H,1-3H3. The van der Waals surface area contributed by atoms with Gasteiger partial charge in [-0.2, -0.15) is 0 Å². The zero-order valence-electron chi connectivity index (χ0n) is 9.08. The Labute approximate surface area is 88.2 Å². The smallest absolute Gasteiger partial charge is 0.134 e. The van der Waals surface area contributed by atoms with Crippen LogP contribution >= 0.6 is 0 Å². The number of halogens is 1. The minimum absolute atomic E-state index is 0.200. The van der Waals surface area contributed by atoms with Gasteiger partial charge in [0.15, 0.2) is 0 Å². The molecule has 2 nitrogen and oxygen atoms in total. The lowest BCUT2D eigenvalue weighted by Gasteiger charge is -2.10. The molecule has 0 saturated carbocycles. The highest BCUT2D eigenvalue weighted by molar-refractivity contribution is 5.82. The first-order valence-electron chi connectivity index (χ1n) is 5.02. The summed E-state index contributed by atoms with van der Waals surface area (Å²) >= 11 is 0. The molecule has 15 heavy (non-hydrogen) atoms. The van der Waals surface area contributed by atoms with Gasteiger partial charge in [0.05, 0.1) is 16.6 Å². The predicted octanol–water partition coefficient (Wildman–Crippen LogP) is 3.20. The molecule has 1 heterocycles. The Morgan fingerprint density at radius 3 is 2.60 bits per heavy atom. The summed E-state index contributed by atoms with van der Waals surface area (Å²) < 4.78 is 13.7. The fraction of sp³-hybridized carbons (Fsp3) is 0.333. The molecule has 0 saturated heterocycles. The van der Waals surface area contributed by atoms with Crippen molar-refractivity contribution < 1.29 is 4.39 Å². The third-order valence-electron chi connectivity index (χ3n) is 2.36. The van der Waals surface area contributed by atoms with Crippen LogP contribution in [0.25, 0.3) is 10.9 Å². The van der Waals surface area contributed by atoms with Crippen molar-refractivity contribution in [3.05, 3.63) is 35.5 Å². The number of aryl methyl sites for hydroxylation is 1. The molecule has 0 atom stereocenters. The number of hydrogen-bond donors (Lipinski definition) is 0. The third-order valence-corrected chi connectivity index (χ3v) is 2.36.